The zero-order valence-electron chi connectivity index (χ0n) is 10.6. The largest absolute Gasteiger partial charge is 0.493 e. The summed E-state index contributed by atoms with van der Waals surface area (Å²) in [6, 6.07) is 5.31. The molecule has 104 valence electrons. The summed E-state index contributed by atoms with van der Waals surface area (Å²) in [6.45, 7) is 0. The summed E-state index contributed by atoms with van der Waals surface area (Å²) in [6.07, 6.45) is 1.18. The lowest BCUT2D eigenvalue weighted by molar-refractivity contribution is 0.150. The van der Waals surface area contributed by atoms with E-state index in [-0.39, 0.29) is 17.6 Å². The van der Waals surface area contributed by atoms with Gasteiger partial charge in [0.2, 0.25) is 0 Å². The van der Waals surface area contributed by atoms with Gasteiger partial charge in [0, 0.05) is 0 Å². The second kappa shape index (κ2) is 4.11. The van der Waals surface area contributed by atoms with Gasteiger partial charge in [0.05, 0.1) is 24.2 Å². The van der Waals surface area contributed by atoms with Crippen molar-refractivity contribution in [2.45, 2.75) is 24.5 Å². The Morgan fingerprint density at radius 2 is 1.95 bits per heavy atom. The van der Waals surface area contributed by atoms with Gasteiger partial charge in [-0.25, -0.2) is 8.42 Å². The normalized spacial score (nSPS) is 23.5. The van der Waals surface area contributed by atoms with Crippen LogP contribution in [-0.2, 0) is 15.4 Å². The minimum Gasteiger partial charge on any atom is -0.493 e. The van der Waals surface area contributed by atoms with Crippen LogP contribution in [-0.4, -0.2) is 38.2 Å². The van der Waals surface area contributed by atoms with Gasteiger partial charge in [0.1, 0.15) is 6.10 Å². The molecule has 0 radical (unpaired) electrons. The number of benzene rings is 1. The van der Waals surface area contributed by atoms with Crippen LogP contribution >= 0.6 is 0 Å². The third-order valence-electron chi connectivity index (χ3n) is 3.60. The van der Waals surface area contributed by atoms with E-state index >= 15 is 0 Å². The molecule has 1 N–H and O–H groups in total. The topological polar surface area (TPSA) is 72.8 Å². The summed E-state index contributed by atoms with van der Waals surface area (Å²) < 4.78 is 33.1. The molecule has 1 aliphatic carbocycles. The van der Waals surface area contributed by atoms with E-state index in [0.717, 1.165) is 18.4 Å². The molecule has 19 heavy (non-hydrogen) atoms. The third kappa shape index (κ3) is 2.42. The van der Waals surface area contributed by atoms with Crippen LogP contribution in [0.2, 0.25) is 0 Å². The summed E-state index contributed by atoms with van der Waals surface area (Å²) in [5, 5.41) is 10.1. The molecule has 1 aromatic carbocycles. The average Bonchev–Trinajstić information content (AvgIpc) is 3.06. The maximum atomic E-state index is 11.1. The van der Waals surface area contributed by atoms with Gasteiger partial charge in [0.15, 0.2) is 21.3 Å². The van der Waals surface area contributed by atoms with Crippen molar-refractivity contribution in [3.8, 4) is 11.5 Å². The number of rotatable bonds is 4. The van der Waals surface area contributed by atoms with Gasteiger partial charge in [-0.1, -0.05) is 6.07 Å². The second-order valence-electron chi connectivity index (χ2n) is 5.21. The summed E-state index contributed by atoms with van der Waals surface area (Å²) in [4.78, 5) is 0. The number of aliphatic hydroxyl groups is 1. The minimum atomic E-state index is -2.91. The van der Waals surface area contributed by atoms with E-state index in [1.165, 1.54) is 7.11 Å². The molecule has 2 fully saturated rings. The predicted octanol–water partition coefficient (Wildman–Crippen LogP) is 0.852. The van der Waals surface area contributed by atoms with Crippen molar-refractivity contribution in [2.75, 3.05) is 18.6 Å². The molecule has 0 bridgehead atoms. The van der Waals surface area contributed by atoms with Gasteiger partial charge in [0.25, 0.3) is 0 Å². The number of hydrogen-bond acceptors (Lipinski definition) is 5. The van der Waals surface area contributed by atoms with Crippen LogP contribution in [0.3, 0.4) is 0 Å². The van der Waals surface area contributed by atoms with E-state index in [4.69, 9.17) is 9.47 Å². The Labute approximate surface area is 112 Å². The van der Waals surface area contributed by atoms with Crippen LogP contribution < -0.4 is 9.47 Å². The van der Waals surface area contributed by atoms with Crippen LogP contribution in [0.4, 0.5) is 0 Å². The van der Waals surface area contributed by atoms with E-state index in [1.807, 2.05) is 6.07 Å². The fourth-order valence-electron chi connectivity index (χ4n) is 2.23. The van der Waals surface area contributed by atoms with E-state index < -0.39 is 15.4 Å². The monoisotopic (exact) mass is 284 g/mol. The first-order chi connectivity index (χ1) is 8.92. The molecule has 0 unspecified atom stereocenters. The lowest BCUT2D eigenvalue weighted by Crippen LogP contribution is -2.45. The van der Waals surface area contributed by atoms with Crippen molar-refractivity contribution in [2.24, 2.45) is 0 Å². The number of methoxy groups -OCH3 is 1. The molecular weight excluding hydrogens is 268 g/mol. The van der Waals surface area contributed by atoms with E-state index in [2.05, 4.69) is 0 Å². The van der Waals surface area contributed by atoms with E-state index in [9.17, 15) is 13.5 Å². The van der Waals surface area contributed by atoms with Crippen molar-refractivity contribution in [3.63, 3.8) is 0 Å². The molecule has 1 heterocycles. The molecule has 1 saturated heterocycles. The third-order valence-corrected chi connectivity index (χ3v) is 5.36. The minimum absolute atomic E-state index is 0.0463. The highest BCUT2D eigenvalue weighted by molar-refractivity contribution is 7.92. The molecule has 1 saturated carbocycles. The van der Waals surface area contributed by atoms with Crippen molar-refractivity contribution in [3.05, 3.63) is 23.8 Å². The fraction of sp³-hybridized carbons (Fsp3) is 0.538. The van der Waals surface area contributed by atoms with Gasteiger partial charge >= 0.3 is 0 Å². The molecule has 3 rings (SSSR count). The molecule has 0 amide bonds. The zero-order chi connectivity index (χ0) is 13.7. The van der Waals surface area contributed by atoms with Crippen LogP contribution in [0.1, 0.15) is 18.4 Å². The Bertz CT molecular complexity index is 591. The van der Waals surface area contributed by atoms with Gasteiger partial charge in [-0.2, -0.15) is 0 Å². The van der Waals surface area contributed by atoms with Crippen molar-refractivity contribution in [1.82, 2.24) is 0 Å². The maximum Gasteiger partial charge on any atom is 0.162 e. The predicted molar refractivity (Wildman–Crippen MR) is 69.2 cm³/mol. The Kier molecular flexibility index (Phi) is 2.76. The Morgan fingerprint density at radius 1 is 1.26 bits per heavy atom. The summed E-state index contributed by atoms with van der Waals surface area (Å²) >= 11 is 0. The van der Waals surface area contributed by atoms with Crippen LogP contribution in [0.15, 0.2) is 18.2 Å². The second-order valence-corrected chi connectivity index (χ2v) is 7.37. The van der Waals surface area contributed by atoms with Crippen LogP contribution in [0.5, 0.6) is 11.5 Å². The summed E-state index contributed by atoms with van der Waals surface area (Å²) in [5.41, 5.74) is 0.0567. The molecular formula is C13H16O5S. The molecule has 0 spiro atoms. The molecule has 6 heteroatoms. The van der Waals surface area contributed by atoms with Crippen LogP contribution in [0.25, 0.3) is 0 Å². The van der Waals surface area contributed by atoms with Gasteiger partial charge in [-0.3, -0.25) is 0 Å². The number of ether oxygens (including phenoxy) is 2. The zero-order valence-corrected chi connectivity index (χ0v) is 11.4. The van der Waals surface area contributed by atoms with Gasteiger partial charge in [-0.05, 0) is 30.5 Å². The lowest BCUT2D eigenvalue weighted by Gasteiger charge is -2.27. The summed E-state index contributed by atoms with van der Waals surface area (Å²) in [5.74, 6) is 1.15. The number of sulfone groups is 1. The van der Waals surface area contributed by atoms with Crippen LogP contribution in [0, 0.1) is 0 Å². The first-order valence-electron chi connectivity index (χ1n) is 6.20. The highest BCUT2D eigenvalue weighted by atomic mass is 32.2. The Balaban J connectivity index is 1.82. The quantitative estimate of drug-likeness (QED) is 0.887. The van der Waals surface area contributed by atoms with E-state index in [1.54, 1.807) is 12.1 Å². The standard InChI is InChI=1S/C13H16O5S/c1-17-11-3-2-9(13(14)4-5-13)6-12(11)18-10-7-19(15,16)8-10/h2-3,6,10,14H,4-5,7-8H2,1H3. The summed E-state index contributed by atoms with van der Waals surface area (Å²) in [7, 11) is -1.38. The van der Waals surface area contributed by atoms with Gasteiger partial charge < -0.3 is 14.6 Å². The first kappa shape index (κ1) is 12.7. The van der Waals surface area contributed by atoms with Crippen molar-refractivity contribution in [1.29, 1.82) is 0 Å². The first-order valence-corrected chi connectivity index (χ1v) is 8.02. The maximum absolute atomic E-state index is 11.1. The molecule has 0 atom stereocenters. The Morgan fingerprint density at radius 3 is 2.47 bits per heavy atom. The van der Waals surface area contributed by atoms with E-state index in [0.29, 0.717) is 11.5 Å². The molecule has 1 aromatic rings. The lowest BCUT2D eigenvalue weighted by atomic mass is 10.1. The Hall–Kier alpha value is -1.27. The highest BCUT2D eigenvalue weighted by Crippen LogP contribution is 2.47. The molecule has 2 aliphatic rings. The highest BCUT2D eigenvalue weighted by Gasteiger charge is 2.43. The molecule has 1 aliphatic heterocycles. The SMILES string of the molecule is COc1ccc(C2(O)CC2)cc1OC1CS(=O)(=O)C1. The molecule has 0 aromatic heterocycles. The number of hydrogen-bond donors (Lipinski definition) is 1. The molecule has 5 nitrogen and oxygen atoms in total. The van der Waals surface area contributed by atoms with Gasteiger partial charge in [-0.15, -0.1) is 0 Å². The van der Waals surface area contributed by atoms with Crippen molar-refractivity contribution >= 4 is 9.84 Å². The smallest absolute Gasteiger partial charge is 0.162 e. The average molecular weight is 284 g/mol. The fourth-order valence-corrected chi connectivity index (χ4v) is 3.40. The van der Waals surface area contributed by atoms with Crippen molar-refractivity contribution < 1.29 is 23.0 Å².